The summed E-state index contributed by atoms with van der Waals surface area (Å²) in [7, 11) is 0. The fraction of sp³-hybridized carbons (Fsp3) is 0.375. The van der Waals surface area contributed by atoms with E-state index in [1.54, 1.807) is 0 Å². The van der Waals surface area contributed by atoms with Gasteiger partial charge in [-0.25, -0.2) is 0 Å². The van der Waals surface area contributed by atoms with Crippen LogP contribution in [0.4, 0.5) is 0 Å². The van der Waals surface area contributed by atoms with Crippen molar-refractivity contribution in [3.63, 3.8) is 0 Å². The highest BCUT2D eigenvalue weighted by Gasteiger charge is 2.22. The lowest BCUT2D eigenvalue weighted by atomic mass is 10.1. The van der Waals surface area contributed by atoms with Gasteiger partial charge in [-0.05, 0) is 13.0 Å². The highest BCUT2D eigenvalue weighted by Crippen LogP contribution is 2.20. The summed E-state index contributed by atoms with van der Waals surface area (Å²) in [6.45, 7) is 2.07. The Morgan fingerprint density at radius 3 is 3.30 bits per heavy atom. The zero-order valence-electron chi connectivity index (χ0n) is 5.91. The number of allylic oxidation sites excluding steroid dienone is 2. The summed E-state index contributed by atoms with van der Waals surface area (Å²) in [6.07, 6.45) is 8.50. The molecule has 0 amide bonds. The minimum absolute atomic E-state index is 0.282. The lowest BCUT2D eigenvalue weighted by Crippen LogP contribution is -2.26. The van der Waals surface area contributed by atoms with Gasteiger partial charge in [-0.1, -0.05) is 12.2 Å². The topological polar surface area (TPSA) is 24.4 Å². The maximum absolute atomic E-state index is 4.27. The third kappa shape index (κ3) is 0.764. The average Bonchev–Trinajstić information content (AvgIpc) is 2.27. The summed E-state index contributed by atoms with van der Waals surface area (Å²) in [4.78, 5) is 4.27. The Morgan fingerprint density at radius 1 is 1.60 bits per heavy atom. The molecule has 0 aromatic heterocycles. The van der Waals surface area contributed by atoms with Crippen LogP contribution in [-0.2, 0) is 0 Å². The first kappa shape index (κ1) is 5.71. The van der Waals surface area contributed by atoms with E-state index in [9.17, 15) is 0 Å². The lowest BCUT2D eigenvalue weighted by molar-refractivity contribution is 0.563. The fourth-order valence-corrected chi connectivity index (χ4v) is 1.38. The number of hydrogen-bond acceptors (Lipinski definition) is 2. The molecule has 1 N–H and O–H groups in total. The molecule has 2 nitrogen and oxygen atoms in total. The zero-order valence-corrected chi connectivity index (χ0v) is 5.91. The number of aliphatic imine (C=N–C) groups is 1. The van der Waals surface area contributed by atoms with Gasteiger partial charge >= 0.3 is 0 Å². The van der Waals surface area contributed by atoms with E-state index in [1.165, 1.54) is 5.70 Å². The first-order valence-electron chi connectivity index (χ1n) is 3.51. The van der Waals surface area contributed by atoms with E-state index in [1.807, 2.05) is 12.3 Å². The smallest absolute Gasteiger partial charge is 0.128 e. The molecule has 2 atom stereocenters. The van der Waals surface area contributed by atoms with Crippen molar-refractivity contribution < 1.29 is 0 Å². The maximum Gasteiger partial charge on any atom is 0.128 e. The van der Waals surface area contributed by atoms with E-state index in [4.69, 9.17) is 0 Å². The van der Waals surface area contributed by atoms with Crippen molar-refractivity contribution >= 4 is 6.21 Å². The van der Waals surface area contributed by atoms with Gasteiger partial charge < -0.3 is 5.32 Å². The number of nitrogens with one attached hydrogen (secondary N) is 1. The number of nitrogens with zero attached hydrogens (tertiary/aromatic N) is 1. The molecule has 0 saturated carbocycles. The van der Waals surface area contributed by atoms with Crippen molar-refractivity contribution in [1.82, 2.24) is 5.32 Å². The molecule has 0 bridgehead atoms. The fourth-order valence-electron chi connectivity index (χ4n) is 1.38. The van der Waals surface area contributed by atoms with Gasteiger partial charge in [0.1, 0.15) is 6.17 Å². The molecule has 0 saturated heterocycles. The normalized spacial score (nSPS) is 35.1. The first-order valence-corrected chi connectivity index (χ1v) is 3.51. The molecule has 2 unspecified atom stereocenters. The Kier molecular flexibility index (Phi) is 1.13. The number of hydrogen-bond donors (Lipinski definition) is 1. The van der Waals surface area contributed by atoms with Gasteiger partial charge in [0.2, 0.25) is 0 Å². The van der Waals surface area contributed by atoms with Crippen molar-refractivity contribution in [3.8, 4) is 0 Å². The maximum atomic E-state index is 4.27. The monoisotopic (exact) mass is 134 g/mol. The van der Waals surface area contributed by atoms with Crippen LogP contribution in [0.1, 0.15) is 6.92 Å². The Bertz CT molecular complexity index is 225. The first-order chi connectivity index (χ1) is 4.86. The van der Waals surface area contributed by atoms with Gasteiger partial charge in [0.15, 0.2) is 0 Å². The molecule has 0 spiro atoms. The molecule has 2 heterocycles. The van der Waals surface area contributed by atoms with Crippen LogP contribution in [0.15, 0.2) is 28.9 Å². The molecular weight excluding hydrogens is 124 g/mol. The molecule has 2 aliphatic heterocycles. The quantitative estimate of drug-likeness (QED) is 0.526. The molecule has 0 radical (unpaired) electrons. The minimum Gasteiger partial charge on any atom is -0.367 e. The summed E-state index contributed by atoms with van der Waals surface area (Å²) in [5, 5.41) is 3.27. The van der Waals surface area contributed by atoms with Crippen LogP contribution in [0.3, 0.4) is 0 Å². The van der Waals surface area contributed by atoms with Crippen LogP contribution in [0.5, 0.6) is 0 Å². The van der Waals surface area contributed by atoms with Crippen LogP contribution in [0.25, 0.3) is 0 Å². The van der Waals surface area contributed by atoms with E-state index in [2.05, 4.69) is 29.4 Å². The Hall–Kier alpha value is -1.05. The molecular formula is C8H10N2. The van der Waals surface area contributed by atoms with Crippen molar-refractivity contribution in [1.29, 1.82) is 0 Å². The molecule has 2 aliphatic rings. The van der Waals surface area contributed by atoms with E-state index < -0.39 is 0 Å². The van der Waals surface area contributed by atoms with Crippen LogP contribution in [-0.4, -0.2) is 12.4 Å². The summed E-state index contributed by atoms with van der Waals surface area (Å²) in [5.41, 5.74) is 1.23. The molecule has 0 aromatic carbocycles. The number of rotatable bonds is 0. The minimum atomic E-state index is 0.282. The van der Waals surface area contributed by atoms with Gasteiger partial charge in [-0.3, -0.25) is 4.99 Å². The predicted molar refractivity (Wildman–Crippen MR) is 41.8 cm³/mol. The summed E-state index contributed by atoms with van der Waals surface area (Å²) < 4.78 is 0. The van der Waals surface area contributed by atoms with Crippen LogP contribution < -0.4 is 5.32 Å². The predicted octanol–water partition coefficient (Wildman–Crippen LogP) is 1.08. The van der Waals surface area contributed by atoms with Crippen molar-refractivity contribution in [2.24, 2.45) is 10.9 Å². The van der Waals surface area contributed by atoms with Gasteiger partial charge in [-0.15, -0.1) is 0 Å². The standard InChI is InChI=1S/C8H10N2/c1-6-5-7-3-2-4-9-8(7)10-6/h2-5,7-8,10H,1H3. The highest BCUT2D eigenvalue weighted by molar-refractivity contribution is 5.72. The molecule has 0 aromatic rings. The zero-order chi connectivity index (χ0) is 6.97. The van der Waals surface area contributed by atoms with Gasteiger partial charge in [0.25, 0.3) is 0 Å². The largest absolute Gasteiger partial charge is 0.367 e. The van der Waals surface area contributed by atoms with E-state index >= 15 is 0 Å². The Labute approximate surface area is 60.3 Å². The summed E-state index contributed by atoms with van der Waals surface area (Å²) >= 11 is 0. The third-order valence-electron chi connectivity index (χ3n) is 1.85. The number of dihydropyridines is 1. The summed E-state index contributed by atoms with van der Waals surface area (Å²) in [5.74, 6) is 0.491. The Balaban J connectivity index is 2.24. The summed E-state index contributed by atoms with van der Waals surface area (Å²) in [6, 6.07) is 0. The van der Waals surface area contributed by atoms with E-state index in [0.29, 0.717) is 5.92 Å². The van der Waals surface area contributed by atoms with Crippen molar-refractivity contribution in [2.75, 3.05) is 0 Å². The van der Waals surface area contributed by atoms with Crippen molar-refractivity contribution in [2.45, 2.75) is 13.1 Å². The van der Waals surface area contributed by atoms with Crippen molar-refractivity contribution in [3.05, 3.63) is 23.9 Å². The second-order valence-corrected chi connectivity index (χ2v) is 2.70. The van der Waals surface area contributed by atoms with E-state index in [0.717, 1.165) is 0 Å². The average molecular weight is 134 g/mol. The van der Waals surface area contributed by atoms with Gasteiger partial charge in [-0.2, -0.15) is 0 Å². The SMILES string of the molecule is CC1=CC2C=CC=NC2N1. The van der Waals surface area contributed by atoms with Crippen LogP contribution in [0, 0.1) is 5.92 Å². The number of fused-ring (bicyclic) bond motifs is 1. The molecule has 0 aliphatic carbocycles. The van der Waals surface area contributed by atoms with Gasteiger partial charge in [0.05, 0.1) is 0 Å². The third-order valence-corrected chi connectivity index (χ3v) is 1.85. The second kappa shape index (κ2) is 1.97. The van der Waals surface area contributed by atoms with Crippen LogP contribution >= 0.6 is 0 Å². The van der Waals surface area contributed by atoms with Crippen LogP contribution in [0.2, 0.25) is 0 Å². The lowest BCUT2D eigenvalue weighted by Gasteiger charge is -2.14. The molecule has 2 rings (SSSR count). The molecule has 52 valence electrons. The van der Waals surface area contributed by atoms with E-state index in [-0.39, 0.29) is 6.17 Å². The Morgan fingerprint density at radius 2 is 2.50 bits per heavy atom. The highest BCUT2D eigenvalue weighted by atomic mass is 15.1. The second-order valence-electron chi connectivity index (χ2n) is 2.70. The molecule has 2 heteroatoms. The molecule has 10 heavy (non-hydrogen) atoms. The molecule has 0 fully saturated rings. The van der Waals surface area contributed by atoms with Gasteiger partial charge in [0, 0.05) is 17.8 Å².